The smallest absolute Gasteiger partial charge is 0.253 e. The molecule has 2 aromatic rings. The second kappa shape index (κ2) is 24.5. The molecule has 7 amide bonds. The van der Waals surface area contributed by atoms with E-state index in [9.17, 15) is 33.6 Å². The van der Waals surface area contributed by atoms with Gasteiger partial charge in [-0.1, -0.05) is 62.9 Å². The summed E-state index contributed by atoms with van der Waals surface area (Å²) in [6, 6.07) is 8.83. The number of carbonyl (C=O) groups is 7. The number of unbranched alkanes of at least 4 members (excludes halogenated alkanes) is 2. The lowest BCUT2D eigenvalue weighted by Crippen LogP contribution is -2.58. The van der Waals surface area contributed by atoms with E-state index in [0.29, 0.717) is 38.6 Å². The molecule has 0 radical (unpaired) electrons. The number of nitrogens with one attached hydrogen (secondary N) is 3. The van der Waals surface area contributed by atoms with Gasteiger partial charge in [0.25, 0.3) is 11.8 Å². The van der Waals surface area contributed by atoms with Gasteiger partial charge in [0.2, 0.25) is 29.5 Å². The highest BCUT2D eigenvalue weighted by Crippen LogP contribution is 2.34. The monoisotopic (exact) mass is 919 g/mol. The molecular weight excluding hydrogens is 851 g/mol. The second-order valence-corrected chi connectivity index (χ2v) is 19.0. The zero-order valence-electron chi connectivity index (χ0n) is 38.9. The molecule has 16 nitrogen and oxygen atoms in total. The standard InChI is InChI=1S/C48H69N7O9S/c1-32(45(61)51-35(46-49-25-28-65-46)29-33-17-10-7-11-18-33)44(64-6)36-21-16-27-54(36)41(59)30-37(63-5)43(34-19-12-8-13-20-34)53(4)42(60)31-50-47(62)48(2,3)52-38(56)22-14-9-15-26-55-39(57)23-24-40(55)58/h7,10-11,17-18,23-25,28,32,34-37,43-44H,8-9,12-16,19-22,26-27,29-31H2,1-6H3,(H,50,62)(H,51,61)(H,52,56)/t32-,35+,36+,37-,43+,44-/m1/s1. The highest BCUT2D eigenvalue weighted by molar-refractivity contribution is 7.09. The van der Waals surface area contributed by atoms with Crippen molar-refractivity contribution in [3.05, 3.63) is 64.6 Å². The maximum Gasteiger partial charge on any atom is 0.253 e. The summed E-state index contributed by atoms with van der Waals surface area (Å²) in [6.07, 6.45) is 11.7. The van der Waals surface area contributed by atoms with E-state index < -0.39 is 35.6 Å². The van der Waals surface area contributed by atoms with E-state index >= 15 is 0 Å². The van der Waals surface area contributed by atoms with Crippen molar-refractivity contribution in [1.82, 2.24) is 35.6 Å². The fourth-order valence-corrected chi connectivity index (χ4v) is 10.2. The number of hydrogen-bond acceptors (Lipinski definition) is 11. The summed E-state index contributed by atoms with van der Waals surface area (Å²) in [5.41, 5.74) is -0.235. The van der Waals surface area contributed by atoms with E-state index in [1.807, 2.05) is 47.5 Å². The number of thiazole rings is 1. The van der Waals surface area contributed by atoms with Crippen molar-refractivity contribution in [1.29, 1.82) is 0 Å². The highest BCUT2D eigenvalue weighted by Gasteiger charge is 2.43. The van der Waals surface area contributed by atoms with Gasteiger partial charge < -0.3 is 35.2 Å². The van der Waals surface area contributed by atoms with Crippen LogP contribution in [0.25, 0.3) is 0 Å². The van der Waals surface area contributed by atoms with Crippen LogP contribution in [0.3, 0.4) is 0 Å². The number of aromatic nitrogens is 1. The Hall–Kier alpha value is -5.00. The van der Waals surface area contributed by atoms with Crippen molar-refractivity contribution >= 4 is 52.7 Å². The predicted octanol–water partition coefficient (Wildman–Crippen LogP) is 4.49. The molecule has 3 N–H and O–H groups in total. The van der Waals surface area contributed by atoms with Crippen molar-refractivity contribution in [2.45, 2.75) is 140 Å². The van der Waals surface area contributed by atoms with Crippen molar-refractivity contribution in [3.63, 3.8) is 0 Å². The van der Waals surface area contributed by atoms with Gasteiger partial charge in [0.1, 0.15) is 10.5 Å². The first-order valence-electron chi connectivity index (χ1n) is 23.1. The molecule has 2 aliphatic heterocycles. The maximum atomic E-state index is 14.4. The molecule has 3 aliphatic rings. The lowest BCUT2D eigenvalue weighted by molar-refractivity contribution is -0.146. The van der Waals surface area contributed by atoms with Gasteiger partial charge >= 0.3 is 0 Å². The van der Waals surface area contributed by atoms with Gasteiger partial charge in [0, 0.05) is 64.5 Å². The van der Waals surface area contributed by atoms with Crippen molar-refractivity contribution in [3.8, 4) is 0 Å². The van der Waals surface area contributed by atoms with E-state index in [1.54, 1.807) is 46.2 Å². The number of imide groups is 1. The lowest BCUT2D eigenvalue weighted by Gasteiger charge is -2.41. The molecule has 3 heterocycles. The maximum absolute atomic E-state index is 14.4. The first-order chi connectivity index (χ1) is 31.1. The van der Waals surface area contributed by atoms with Crippen molar-refractivity contribution < 1.29 is 43.0 Å². The molecular formula is C48H69N7O9S. The van der Waals surface area contributed by atoms with E-state index in [4.69, 9.17) is 9.47 Å². The summed E-state index contributed by atoms with van der Waals surface area (Å²) in [4.78, 5) is 101. The van der Waals surface area contributed by atoms with Crippen molar-refractivity contribution in [2.75, 3.05) is 40.9 Å². The Labute approximate surface area is 387 Å². The highest BCUT2D eigenvalue weighted by atomic mass is 32.1. The Kier molecular flexibility index (Phi) is 19.2. The normalized spacial score (nSPS) is 19.1. The molecule has 1 saturated carbocycles. The molecule has 0 spiro atoms. The van der Waals surface area contributed by atoms with Gasteiger partial charge in [-0.2, -0.15) is 0 Å². The van der Waals surface area contributed by atoms with Gasteiger partial charge in [-0.3, -0.25) is 38.5 Å². The molecule has 1 aromatic heterocycles. The second-order valence-electron chi connectivity index (χ2n) is 18.1. The minimum absolute atomic E-state index is 0.0170. The van der Waals surface area contributed by atoms with Crippen LogP contribution in [0.5, 0.6) is 0 Å². The van der Waals surface area contributed by atoms with E-state index in [2.05, 4.69) is 20.9 Å². The van der Waals surface area contributed by atoms with Crippen LogP contribution < -0.4 is 16.0 Å². The molecule has 1 aliphatic carbocycles. The topological polar surface area (TPSA) is 197 Å². The summed E-state index contributed by atoms with van der Waals surface area (Å²) >= 11 is 1.49. The van der Waals surface area contributed by atoms with Crippen molar-refractivity contribution in [2.24, 2.45) is 11.8 Å². The van der Waals surface area contributed by atoms with E-state index in [1.165, 1.54) is 28.4 Å². The molecule has 65 heavy (non-hydrogen) atoms. The zero-order valence-corrected chi connectivity index (χ0v) is 39.7. The SMILES string of the molecule is CO[C@H]([C@@H](C)C(=O)N[C@@H](Cc1ccccc1)c1nccs1)[C@@H]1CCCN1C(=O)C[C@@H](OC)[C@H](C1CCCCC1)N(C)C(=O)CNC(=O)C(C)(C)NC(=O)CCCCCN1C(=O)C=CC1=O. The average Bonchev–Trinajstić information content (AvgIpc) is 4.08. The lowest BCUT2D eigenvalue weighted by atomic mass is 9.80. The molecule has 1 aromatic carbocycles. The number of likely N-dealkylation sites (tertiary alicyclic amines) is 1. The number of ether oxygens (including phenoxy) is 2. The van der Waals surface area contributed by atoms with Crippen LogP contribution in [0.4, 0.5) is 0 Å². The van der Waals surface area contributed by atoms with Crippen LogP contribution in [0.2, 0.25) is 0 Å². The third-order valence-corrected chi connectivity index (χ3v) is 14.1. The number of amides is 7. The Morgan fingerprint density at radius 2 is 1.65 bits per heavy atom. The molecule has 2 fully saturated rings. The molecule has 17 heteroatoms. The Balaban J connectivity index is 1.17. The number of likely N-dealkylation sites (N-methyl/N-ethyl adjacent to an activating group) is 1. The van der Waals surface area contributed by atoms with Crippen LogP contribution in [0.1, 0.15) is 114 Å². The quantitative estimate of drug-likeness (QED) is 0.0997. The van der Waals surface area contributed by atoms with E-state index in [-0.39, 0.29) is 79.4 Å². The number of rotatable bonds is 24. The number of hydrogen-bond donors (Lipinski definition) is 3. The minimum atomic E-state index is -1.31. The Bertz CT molecular complexity index is 1940. The molecule has 0 bridgehead atoms. The van der Waals surface area contributed by atoms with E-state index in [0.717, 1.165) is 49.1 Å². The minimum Gasteiger partial charge on any atom is -0.379 e. The predicted molar refractivity (Wildman–Crippen MR) is 246 cm³/mol. The van der Waals surface area contributed by atoms with Crippen LogP contribution in [0.15, 0.2) is 54.1 Å². The van der Waals surface area contributed by atoms with Gasteiger partial charge in [0.15, 0.2) is 0 Å². The number of benzene rings is 1. The average molecular weight is 920 g/mol. The first kappa shape index (κ1) is 51.0. The number of methoxy groups -OCH3 is 2. The first-order valence-corrected chi connectivity index (χ1v) is 24.0. The summed E-state index contributed by atoms with van der Waals surface area (Å²) in [5, 5.41) is 11.4. The van der Waals surface area contributed by atoms with Crippen LogP contribution >= 0.6 is 11.3 Å². The summed E-state index contributed by atoms with van der Waals surface area (Å²) in [6.45, 7) is 5.45. The fraction of sp³-hybridized carbons (Fsp3) is 0.625. The Morgan fingerprint density at radius 1 is 0.938 bits per heavy atom. The van der Waals surface area contributed by atoms with Gasteiger partial charge in [-0.25, -0.2) is 4.98 Å². The summed E-state index contributed by atoms with van der Waals surface area (Å²) < 4.78 is 12.1. The van der Waals surface area contributed by atoms with Gasteiger partial charge in [-0.15, -0.1) is 11.3 Å². The molecule has 6 atom stereocenters. The third kappa shape index (κ3) is 14.0. The molecule has 1 saturated heterocycles. The van der Waals surface area contributed by atoms with Gasteiger partial charge in [0.05, 0.1) is 49.2 Å². The molecule has 356 valence electrons. The summed E-state index contributed by atoms with van der Waals surface area (Å²) in [7, 11) is 4.84. The molecule has 0 unspecified atom stereocenters. The fourth-order valence-electron chi connectivity index (χ4n) is 9.54. The van der Waals surface area contributed by atoms with Gasteiger partial charge in [-0.05, 0) is 70.3 Å². The third-order valence-electron chi connectivity index (χ3n) is 13.2. The van der Waals surface area contributed by atoms with Crippen LogP contribution in [0, 0.1) is 11.8 Å². The van der Waals surface area contributed by atoms with Crippen LogP contribution in [-0.2, 0) is 49.5 Å². The zero-order chi connectivity index (χ0) is 47.1. The number of carbonyl (C=O) groups excluding carboxylic acids is 7. The van der Waals surface area contributed by atoms with Crippen LogP contribution in [-0.4, -0.2) is 132 Å². The number of nitrogens with zero attached hydrogens (tertiary/aromatic N) is 4. The largest absolute Gasteiger partial charge is 0.379 e. The summed E-state index contributed by atoms with van der Waals surface area (Å²) in [5.74, 6) is -2.71. The Morgan fingerprint density at radius 3 is 2.29 bits per heavy atom. The molecule has 5 rings (SSSR count).